The molecule has 1 saturated heterocycles. The third-order valence-corrected chi connectivity index (χ3v) is 6.88. The van der Waals surface area contributed by atoms with Crippen LogP contribution < -0.4 is 10.1 Å². The highest BCUT2D eigenvalue weighted by Crippen LogP contribution is 2.39. The number of anilines is 1. The Hall–Kier alpha value is -2.79. The molecule has 5 heteroatoms. The van der Waals surface area contributed by atoms with E-state index in [9.17, 15) is 0 Å². The van der Waals surface area contributed by atoms with Crippen LogP contribution in [-0.4, -0.2) is 48.2 Å². The Kier molecular flexibility index (Phi) is 5.45. The highest BCUT2D eigenvalue weighted by atomic mass is 16.5. The lowest BCUT2D eigenvalue weighted by Gasteiger charge is -2.26. The summed E-state index contributed by atoms with van der Waals surface area (Å²) in [5.41, 5.74) is 4.88. The van der Waals surface area contributed by atoms with E-state index in [2.05, 4.69) is 47.2 Å². The van der Waals surface area contributed by atoms with E-state index >= 15 is 0 Å². The normalized spacial score (nSPS) is 15.2. The average molecular weight is 417 g/mol. The van der Waals surface area contributed by atoms with Crippen molar-refractivity contribution in [1.29, 1.82) is 0 Å². The molecule has 5 rings (SSSR count). The summed E-state index contributed by atoms with van der Waals surface area (Å²) in [7, 11) is 1.72. The molecule has 0 unspecified atom stereocenters. The molecular weight excluding hydrogens is 384 g/mol. The Balaban J connectivity index is 1.51. The van der Waals surface area contributed by atoms with Gasteiger partial charge in [0.05, 0.1) is 12.6 Å². The Morgan fingerprint density at radius 1 is 1.03 bits per heavy atom. The van der Waals surface area contributed by atoms with Crippen LogP contribution in [0, 0.1) is 13.8 Å². The Labute approximate surface area is 183 Å². The van der Waals surface area contributed by atoms with E-state index in [1.807, 2.05) is 12.3 Å². The number of fused-ring (bicyclic) bond motifs is 4. The molecule has 4 aromatic rings. The van der Waals surface area contributed by atoms with Gasteiger partial charge in [-0.15, -0.1) is 0 Å². The largest absolute Gasteiger partial charge is 0.497 e. The lowest BCUT2D eigenvalue weighted by Crippen LogP contribution is -2.31. The van der Waals surface area contributed by atoms with Gasteiger partial charge in [0, 0.05) is 34.4 Å². The Morgan fingerprint density at radius 2 is 1.87 bits per heavy atom. The number of nitrogens with one attached hydrogen (secondary N) is 2. The van der Waals surface area contributed by atoms with Crippen molar-refractivity contribution in [3.05, 3.63) is 41.6 Å². The molecule has 31 heavy (non-hydrogen) atoms. The summed E-state index contributed by atoms with van der Waals surface area (Å²) in [6, 6.07) is 8.39. The van der Waals surface area contributed by atoms with Crippen molar-refractivity contribution in [3.63, 3.8) is 0 Å². The van der Waals surface area contributed by atoms with E-state index < -0.39 is 0 Å². The topological polar surface area (TPSA) is 53.2 Å². The molecule has 0 amide bonds. The van der Waals surface area contributed by atoms with Crippen molar-refractivity contribution in [2.45, 2.75) is 39.5 Å². The van der Waals surface area contributed by atoms with Crippen LogP contribution >= 0.6 is 0 Å². The van der Waals surface area contributed by atoms with Crippen LogP contribution in [0.15, 0.2) is 30.5 Å². The average Bonchev–Trinajstić information content (AvgIpc) is 3.20. The first-order chi connectivity index (χ1) is 15.2. The summed E-state index contributed by atoms with van der Waals surface area (Å²) in [6.07, 6.45) is 7.16. The summed E-state index contributed by atoms with van der Waals surface area (Å²) in [5.74, 6) is 1.88. The summed E-state index contributed by atoms with van der Waals surface area (Å²) < 4.78 is 5.49. The van der Waals surface area contributed by atoms with E-state index in [4.69, 9.17) is 9.72 Å². The Bertz CT molecular complexity index is 1240. The maximum atomic E-state index is 5.49. The maximum Gasteiger partial charge on any atom is 0.134 e. The van der Waals surface area contributed by atoms with Crippen LogP contribution in [0.1, 0.15) is 36.8 Å². The summed E-state index contributed by atoms with van der Waals surface area (Å²) >= 11 is 0. The lowest BCUT2D eigenvalue weighted by atomic mass is 9.96. The molecule has 0 radical (unpaired) electrons. The number of rotatable bonds is 6. The SMILES string of the molecule is COc1ccc2[nH]c3c(C)c4ccnc(NCCCN5CCCCC5)c4c(C)c3c2c1. The standard InChI is InChI=1S/C26H32N4O/c1-17-20-10-12-28-26(27-11-7-15-30-13-5-4-6-14-30)24(20)18(2)23-21-16-19(31-3)8-9-22(21)29-25(17)23/h8-10,12,16,29H,4-7,11,13-15H2,1-3H3,(H,27,28). The molecule has 3 heterocycles. The quantitative estimate of drug-likeness (QED) is 0.391. The van der Waals surface area contributed by atoms with Gasteiger partial charge in [-0.2, -0.15) is 0 Å². The number of ether oxygens (including phenoxy) is 1. The lowest BCUT2D eigenvalue weighted by molar-refractivity contribution is 0.228. The van der Waals surface area contributed by atoms with E-state index in [0.717, 1.165) is 30.0 Å². The second-order valence-corrected chi connectivity index (χ2v) is 8.80. The first-order valence-corrected chi connectivity index (χ1v) is 11.5. The molecule has 1 fully saturated rings. The van der Waals surface area contributed by atoms with Gasteiger partial charge >= 0.3 is 0 Å². The second-order valence-electron chi connectivity index (χ2n) is 8.80. The number of hydrogen-bond acceptors (Lipinski definition) is 4. The number of aromatic amines is 1. The van der Waals surface area contributed by atoms with Crippen molar-refractivity contribution in [2.75, 3.05) is 38.6 Å². The molecule has 0 spiro atoms. The van der Waals surface area contributed by atoms with E-state index in [0.29, 0.717) is 0 Å². The van der Waals surface area contributed by atoms with Gasteiger partial charge < -0.3 is 19.9 Å². The van der Waals surface area contributed by atoms with Crippen LogP contribution in [0.5, 0.6) is 5.75 Å². The van der Waals surface area contributed by atoms with Gasteiger partial charge in [-0.1, -0.05) is 6.42 Å². The van der Waals surface area contributed by atoms with Crippen molar-refractivity contribution >= 4 is 38.4 Å². The van der Waals surface area contributed by atoms with Crippen LogP contribution in [0.25, 0.3) is 32.6 Å². The van der Waals surface area contributed by atoms with Crippen molar-refractivity contribution in [3.8, 4) is 5.75 Å². The first kappa shape index (κ1) is 20.1. The summed E-state index contributed by atoms with van der Waals surface area (Å²) in [5, 5.41) is 8.61. The number of likely N-dealkylation sites (tertiary alicyclic amines) is 1. The van der Waals surface area contributed by atoms with Crippen LogP contribution in [0.2, 0.25) is 0 Å². The number of hydrogen-bond donors (Lipinski definition) is 2. The van der Waals surface area contributed by atoms with Gasteiger partial charge in [0.2, 0.25) is 0 Å². The number of piperidine rings is 1. The highest BCUT2D eigenvalue weighted by molar-refractivity contribution is 6.18. The molecule has 2 N–H and O–H groups in total. The molecule has 162 valence electrons. The van der Waals surface area contributed by atoms with Gasteiger partial charge in [0.15, 0.2) is 0 Å². The third-order valence-electron chi connectivity index (χ3n) is 6.88. The fourth-order valence-electron chi connectivity index (χ4n) is 5.21. The predicted octanol–water partition coefficient (Wildman–Crippen LogP) is 5.78. The zero-order chi connectivity index (χ0) is 21.4. The van der Waals surface area contributed by atoms with Gasteiger partial charge in [-0.05, 0) is 93.5 Å². The molecule has 1 aliphatic heterocycles. The number of H-pyrrole nitrogens is 1. The third kappa shape index (κ3) is 3.61. The van der Waals surface area contributed by atoms with E-state index in [-0.39, 0.29) is 0 Å². The number of nitrogens with zero attached hydrogens (tertiary/aromatic N) is 2. The molecule has 2 aromatic carbocycles. The minimum absolute atomic E-state index is 0.882. The Morgan fingerprint density at radius 3 is 2.68 bits per heavy atom. The number of benzene rings is 2. The second kappa shape index (κ2) is 8.39. The number of aryl methyl sites for hydroxylation is 2. The molecule has 2 aromatic heterocycles. The fourth-order valence-corrected chi connectivity index (χ4v) is 5.21. The fraction of sp³-hybridized carbons (Fsp3) is 0.423. The first-order valence-electron chi connectivity index (χ1n) is 11.5. The monoisotopic (exact) mass is 416 g/mol. The smallest absolute Gasteiger partial charge is 0.134 e. The zero-order valence-corrected chi connectivity index (χ0v) is 18.8. The van der Waals surface area contributed by atoms with Crippen molar-refractivity contribution < 1.29 is 4.74 Å². The van der Waals surface area contributed by atoms with Gasteiger partial charge in [-0.3, -0.25) is 0 Å². The van der Waals surface area contributed by atoms with Crippen molar-refractivity contribution in [2.24, 2.45) is 0 Å². The molecule has 0 atom stereocenters. The van der Waals surface area contributed by atoms with Crippen LogP contribution in [-0.2, 0) is 0 Å². The predicted molar refractivity (Wildman–Crippen MR) is 131 cm³/mol. The van der Waals surface area contributed by atoms with Crippen LogP contribution in [0.3, 0.4) is 0 Å². The molecule has 0 aliphatic carbocycles. The minimum Gasteiger partial charge on any atom is -0.497 e. The molecular formula is C26H32N4O. The van der Waals surface area contributed by atoms with Crippen molar-refractivity contribution in [1.82, 2.24) is 14.9 Å². The van der Waals surface area contributed by atoms with E-state index in [1.54, 1.807) is 7.11 Å². The number of methoxy groups -OCH3 is 1. The highest BCUT2D eigenvalue weighted by Gasteiger charge is 2.17. The van der Waals surface area contributed by atoms with Crippen LogP contribution in [0.4, 0.5) is 5.82 Å². The van der Waals surface area contributed by atoms with E-state index in [1.165, 1.54) is 77.1 Å². The zero-order valence-electron chi connectivity index (χ0n) is 18.8. The maximum absolute atomic E-state index is 5.49. The molecule has 0 bridgehead atoms. The number of pyridine rings is 1. The minimum atomic E-state index is 0.882. The van der Waals surface area contributed by atoms with Gasteiger partial charge in [-0.25, -0.2) is 4.98 Å². The molecule has 0 saturated carbocycles. The number of aromatic nitrogens is 2. The summed E-state index contributed by atoms with van der Waals surface area (Å²) in [4.78, 5) is 11.0. The van der Waals surface area contributed by atoms with Gasteiger partial charge in [0.25, 0.3) is 0 Å². The molecule has 1 aliphatic rings. The molecule has 5 nitrogen and oxygen atoms in total. The summed E-state index contributed by atoms with van der Waals surface area (Å²) in [6.45, 7) is 9.05. The van der Waals surface area contributed by atoms with Gasteiger partial charge in [0.1, 0.15) is 11.6 Å².